The maximum Gasteiger partial charge on any atom is 0.323 e. The van der Waals surface area contributed by atoms with Crippen LogP contribution in [0.1, 0.15) is 24.8 Å². The number of nitro groups is 1. The second-order valence-electron chi connectivity index (χ2n) is 5.04. The van der Waals surface area contributed by atoms with Gasteiger partial charge in [0.25, 0.3) is 5.69 Å². The predicted molar refractivity (Wildman–Crippen MR) is 78.2 cm³/mol. The molecule has 0 aromatic heterocycles. The van der Waals surface area contributed by atoms with Gasteiger partial charge in [0.2, 0.25) is 0 Å². The summed E-state index contributed by atoms with van der Waals surface area (Å²) >= 11 is 6.11. The number of hydrogen-bond donors (Lipinski definition) is 0. The van der Waals surface area contributed by atoms with Crippen LogP contribution in [0.15, 0.2) is 18.2 Å². The first-order valence-electron chi connectivity index (χ1n) is 6.77. The van der Waals surface area contributed by atoms with Crippen molar-refractivity contribution < 1.29 is 14.5 Å². The second-order valence-corrected chi connectivity index (χ2v) is 5.45. The van der Waals surface area contributed by atoms with Gasteiger partial charge in [0.1, 0.15) is 6.04 Å². The SMILES string of the molecule is COC(=O)C1CCCCN1Cc1ccc([N+](=O)[O-])cc1Cl. The number of likely N-dealkylation sites (tertiary alicyclic amines) is 1. The molecule has 114 valence electrons. The van der Waals surface area contributed by atoms with E-state index in [1.54, 1.807) is 6.07 Å². The summed E-state index contributed by atoms with van der Waals surface area (Å²) in [6, 6.07) is 4.14. The van der Waals surface area contributed by atoms with Gasteiger partial charge in [-0.3, -0.25) is 19.8 Å². The van der Waals surface area contributed by atoms with Crippen molar-refractivity contribution in [1.82, 2.24) is 4.90 Å². The fraction of sp³-hybridized carbons (Fsp3) is 0.500. The fourth-order valence-corrected chi connectivity index (χ4v) is 2.81. The number of esters is 1. The maximum absolute atomic E-state index is 11.8. The van der Waals surface area contributed by atoms with Crippen molar-refractivity contribution in [3.05, 3.63) is 38.9 Å². The quantitative estimate of drug-likeness (QED) is 0.485. The van der Waals surface area contributed by atoms with Crippen LogP contribution in [-0.2, 0) is 16.1 Å². The zero-order chi connectivity index (χ0) is 15.4. The zero-order valence-electron chi connectivity index (χ0n) is 11.8. The standard InChI is InChI=1S/C14H17ClN2O4/c1-21-14(18)13-4-2-3-7-16(13)9-10-5-6-11(17(19)20)8-12(10)15/h5-6,8,13H,2-4,7,9H2,1H3. The van der Waals surface area contributed by atoms with Gasteiger partial charge >= 0.3 is 5.97 Å². The van der Waals surface area contributed by atoms with Crippen molar-refractivity contribution in [2.75, 3.05) is 13.7 Å². The molecule has 1 aromatic rings. The van der Waals surface area contributed by atoms with Crippen LogP contribution in [0.25, 0.3) is 0 Å². The van der Waals surface area contributed by atoms with Crippen molar-refractivity contribution >= 4 is 23.3 Å². The van der Waals surface area contributed by atoms with Crippen LogP contribution >= 0.6 is 11.6 Å². The number of carbonyl (C=O) groups is 1. The van der Waals surface area contributed by atoms with Gasteiger partial charge in [-0.1, -0.05) is 18.0 Å². The monoisotopic (exact) mass is 312 g/mol. The van der Waals surface area contributed by atoms with Crippen molar-refractivity contribution in [1.29, 1.82) is 0 Å². The van der Waals surface area contributed by atoms with Crippen molar-refractivity contribution in [2.24, 2.45) is 0 Å². The average Bonchev–Trinajstić information content (AvgIpc) is 2.49. The van der Waals surface area contributed by atoms with Crippen LogP contribution in [0.2, 0.25) is 5.02 Å². The van der Waals surface area contributed by atoms with E-state index in [0.29, 0.717) is 11.6 Å². The van der Waals surface area contributed by atoms with Gasteiger partial charge in [-0.15, -0.1) is 0 Å². The molecule has 1 aliphatic rings. The molecule has 0 saturated carbocycles. The van der Waals surface area contributed by atoms with E-state index in [0.717, 1.165) is 31.4 Å². The fourth-order valence-electron chi connectivity index (χ4n) is 2.58. The van der Waals surface area contributed by atoms with Gasteiger partial charge in [0.15, 0.2) is 0 Å². The largest absolute Gasteiger partial charge is 0.468 e. The highest BCUT2D eigenvalue weighted by Gasteiger charge is 2.29. The van der Waals surface area contributed by atoms with E-state index in [-0.39, 0.29) is 17.7 Å². The van der Waals surface area contributed by atoms with E-state index in [1.165, 1.54) is 19.2 Å². The van der Waals surface area contributed by atoms with Crippen LogP contribution in [0.4, 0.5) is 5.69 Å². The van der Waals surface area contributed by atoms with Gasteiger partial charge in [-0.2, -0.15) is 0 Å². The Morgan fingerprint density at radius 2 is 2.29 bits per heavy atom. The Bertz CT molecular complexity index is 550. The first-order chi connectivity index (χ1) is 10.0. The van der Waals surface area contributed by atoms with E-state index in [1.807, 2.05) is 4.90 Å². The minimum atomic E-state index is -0.478. The van der Waals surface area contributed by atoms with Crippen LogP contribution in [0.3, 0.4) is 0 Å². The van der Waals surface area contributed by atoms with E-state index in [9.17, 15) is 14.9 Å². The average molecular weight is 313 g/mol. The van der Waals surface area contributed by atoms with Crippen LogP contribution < -0.4 is 0 Å². The first kappa shape index (κ1) is 15.7. The lowest BCUT2D eigenvalue weighted by Crippen LogP contribution is -2.44. The number of nitrogens with zero attached hydrogens (tertiary/aromatic N) is 2. The molecule has 1 heterocycles. The van der Waals surface area contributed by atoms with Crippen molar-refractivity contribution in [3.8, 4) is 0 Å². The third kappa shape index (κ3) is 3.71. The Morgan fingerprint density at radius 3 is 2.90 bits per heavy atom. The summed E-state index contributed by atoms with van der Waals surface area (Å²) in [7, 11) is 1.38. The summed E-state index contributed by atoms with van der Waals surface area (Å²) in [5, 5.41) is 11.1. The number of nitro benzene ring substituents is 1. The molecule has 1 atom stereocenters. The number of methoxy groups -OCH3 is 1. The van der Waals surface area contributed by atoms with Crippen LogP contribution in [0.5, 0.6) is 0 Å². The lowest BCUT2D eigenvalue weighted by molar-refractivity contribution is -0.384. The number of non-ortho nitro benzene ring substituents is 1. The topological polar surface area (TPSA) is 72.7 Å². The lowest BCUT2D eigenvalue weighted by Gasteiger charge is -2.33. The molecule has 1 unspecified atom stereocenters. The highest BCUT2D eigenvalue weighted by Crippen LogP contribution is 2.26. The third-order valence-corrected chi connectivity index (χ3v) is 4.06. The summed E-state index contributed by atoms with van der Waals surface area (Å²) in [6.45, 7) is 1.27. The normalized spacial score (nSPS) is 19.2. The molecule has 0 amide bonds. The van der Waals surface area contributed by atoms with E-state index in [2.05, 4.69) is 0 Å². The Hall–Kier alpha value is -1.66. The van der Waals surface area contributed by atoms with E-state index < -0.39 is 4.92 Å². The molecule has 2 rings (SSSR count). The smallest absolute Gasteiger partial charge is 0.323 e. The van der Waals surface area contributed by atoms with Crippen molar-refractivity contribution in [2.45, 2.75) is 31.8 Å². The van der Waals surface area contributed by atoms with Crippen molar-refractivity contribution in [3.63, 3.8) is 0 Å². The zero-order valence-corrected chi connectivity index (χ0v) is 12.5. The molecule has 0 aliphatic carbocycles. The predicted octanol–water partition coefficient (Wildman–Crippen LogP) is 2.78. The number of halogens is 1. The van der Waals surface area contributed by atoms with Gasteiger partial charge in [0.05, 0.1) is 17.1 Å². The summed E-state index contributed by atoms with van der Waals surface area (Å²) < 4.78 is 4.84. The third-order valence-electron chi connectivity index (χ3n) is 3.71. The molecular formula is C14H17ClN2O4. The molecule has 1 saturated heterocycles. The molecule has 1 aromatic carbocycles. The molecule has 0 spiro atoms. The number of hydrogen-bond acceptors (Lipinski definition) is 5. The summed E-state index contributed by atoms with van der Waals surface area (Å²) in [6.07, 6.45) is 2.76. The molecule has 0 N–H and O–H groups in total. The number of ether oxygens (including phenoxy) is 1. The second kappa shape index (κ2) is 6.87. The molecule has 6 nitrogen and oxygen atoms in total. The summed E-state index contributed by atoms with van der Waals surface area (Å²) in [4.78, 5) is 24.1. The summed E-state index contributed by atoms with van der Waals surface area (Å²) in [5.41, 5.74) is 0.741. The molecular weight excluding hydrogens is 296 g/mol. The molecule has 0 radical (unpaired) electrons. The minimum Gasteiger partial charge on any atom is -0.468 e. The molecule has 1 fully saturated rings. The molecule has 1 aliphatic heterocycles. The number of piperidine rings is 1. The summed E-state index contributed by atoms with van der Waals surface area (Å²) in [5.74, 6) is -0.243. The number of benzene rings is 1. The Kier molecular flexibility index (Phi) is 5.14. The van der Waals surface area contributed by atoms with Crippen LogP contribution in [-0.4, -0.2) is 35.5 Å². The van der Waals surface area contributed by atoms with Gasteiger partial charge in [0, 0.05) is 18.7 Å². The maximum atomic E-state index is 11.8. The first-order valence-corrected chi connectivity index (χ1v) is 7.15. The Balaban J connectivity index is 2.15. The van der Waals surface area contributed by atoms with Gasteiger partial charge in [-0.05, 0) is 31.0 Å². The molecule has 7 heteroatoms. The van der Waals surface area contributed by atoms with Gasteiger partial charge < -0.3 is 4.74 Å². The Morgan fingerprint density at radius 1 is 1.52 bits per heavy atom. The lowest BCUT2D eigenvalue weighted by atomic mass is 10.0. The minimum absolute atomic E-state index is 0.0353. The Labute approximate surface area is 127 Å². The highest BCUT2D eigenvalue weighted by molar-refractivity contribution is 6.31. The number of rotatable bonds is 4. The van der Waals surface area contributed by atoms with E-state index in [4.69, 9.17) is 16.3 Å². The number of carbonyl (C=O) groups excluding carboxylic acids is 1. The molecule has 0 bridgehead atoms. The van der Waals surface area contributed by atoms with E-state index >= 15 is 0 Å². The van der Waals surface area contributed by atoms with Gasteiger partial charge in [-0.25, -0.2) is 0 Å². The highest BCUT2D eigenvalue weighted by atomic mass is 35.5. The van der Waals surface area contributed by atoms with Crippen LogP contribution in [0, 0.1) is 10.1 Å². The molecule has 21 heavy (non-hydrogen) atoms.